The Balaban J connectivity index is 0.00000225. The van der Waals surface area contributed by atoms with Crippen molar-refractivity contribution in [2.45, 2.75) is 0 Å². The van der Waals surface area contributed by atoms with E-state index < -0.39 is 17.0 Å². The van der Waals surface area contributed by atoms with E-state index in [4.69, 9.17) is 5.11 Å². The first kappa shape index (κ1) is 14.2. The summed E-state index contributed by atoms with van der Waals surface area (Å²) in [4.78, 5) is 35.0. The first-order valence-corrected chi connectivity index (χ1v) is 3.71. The van der Waals surface area contributed by atoms with E-state index in [1.165, 1.54) is 18.2 Å². The number of aromatic carboxylic acids is 1. The predicted molar refractivity (Wildman–Crippen MR) is 45.8 cm³/mol. The van der Waals surface area contributed by atoms with Gasteiger partial charge in [0.05, 0.1) is 5.56 Å². The van der Waals surface area contributed by atoms with Crippen molar-refractivity contribution in [1.29, 1.82) is 0 Å². The van der Waals surface area contributed by atoms with Crippen LogP contribution in [0.15, 0.2) is 24.3 Å². The number of carbonyl (C=O) groups excluding carboxylic acids is 1. The molecule has 1 aromatic carbocycles. The van der Waals surface area contributed by atoms with E-state index in [1.807, 2.05) is 0 Å². The molecule has 1 rings (SSSR count). The molecule has 0 bridgehead atoms. The second-order valence-corrected chi connectivity index (χ2v) is 2.49. The third-order valence-corrected chi connectivity index (χ3v) is 1.50. The summed E-state index contributed by atoms with van der Waals surface area (Å²) < 4.78 is 0. The molecule has 0 fully saturated rings. The van der Waals surface area contributed by atoms with Gasteiger partial charge in [0, 0.05) is 25.0 Å². The second-order valence-electron chi connectivity index (χ2n) is 2.49. The van der Waals surface area contributed by atoms with E-state index in [2.05, 4.69) is 4.84 Å². The van der Waals surface area contributed by atoms with Crippen LogP contribution >= 0.6 is 0 Å². The summed E-state index contributed by atoms with van der Waals surface area (Å²) >= 11 is 0. The Morgan fingerprint density at radius 1 is 1.31 bits per heavy atom. The van der Waals surface area contributed by atoms with Crippen LogP contribution in [0.25, 0.3) is 0 Å². The normalized spacial score (nSPS) is 8.75. The molecule has 1 aromatic rings. The zero-order chi connectivity index (χ0) is 11.4. The van der Waals surface area contributed by atoms with Gasteiger partial charge in [-0.15, -0.1) is 10.1 Å². The van der Waals surface area contributed by atoms with E-state index in [0.717, 1.165) is 6.07 Å². The maximum absolute atomic E-state index is 11.0. The zero-order valence-electron chi connectivity index (χ0n) is 7.95. The molecule has 0 aromatic heterocycles. The number of carboxylic acids is 1. The summed E-state index contributed by atoms with van der Waals surface area (Å²) in [5.41, 5.74) is -0.334. The van der Waals surface area contributed by atoms with E-state index in [1.54, 1.807) is 0 Å². The Labute approximate surface area is 102 Å². The maximum atomic E-state index is 11.0. The van der Waals surface area contributed by atoms with Crippen LogP contribution in [0.2, 0.25) is 0 Å². The summed E-state index contributed by atoms with van der Waals surface area (Å²) in [7, 11) is 0. The molecule has 0 aliphatic carbocycles. The van der Waals surface area contributed by atoms with E-state index in [-0.39, 0.29) is 30.6 Å². The van der Waals surface area contributed by atoms with Crippen molar-refractivity contribution in [3.8, 4) is 0 Å². The Kier molecular flexibility index (Phi) is 5.25. The predicted octanol–water partition coefficient (Wildman–Crippen LogP) is 0.731. The molecule has 80 valence electrons. The first-order valence-electron chi connectivity index (χ1n) is 3.71. The van der Waals surface area contributed by atoms with Crippen LogP contribution in [-0.2, 0) is 24.3 Å². The SMILES string of the molecule is O=C(O)c1cccc(C(=O)O[N+](=O)[O-])c1.[Zn]. The molecule has 0 saturated carbocycles. The average molecular weight is 277 g/mol. The zero-order valence-corrected chi connectivity index (χ0v) is 10.9. The van der Waals surface area contributed by atoms with Gasteiger partial charge in [0.2, 0.25) is 0 Å². The third-order valence-electron chi connectivity index (χ3n) is 1.50. The minimum Gasteiger partial charge on any atom is -0.478 e. The Morgan fingerprint density at radius 3 is 2.38 bits per heavy atom. The van der Waals surface area contributed by atoms with Crippen molar-refractivity contribution in [2.24, 2.45) is 0 Å². The number of hydrogen-bond donors (Lipinski definition) is 1. The monoisotopic (exact) mass is 275 g/mol. The van der Waals surface area contributed by atoms with Gasteiger partial charge in [-0.25, -0.2) is 9.63 Å². The van der Waals surface area contributed by atoms with Crippen LogP contribution < -0.4 is 0 Å². The van der Waals surface area contributed by atoms with Crippen molar-refractivity contribution in [2.75, 3.05) is 0 Å². The van der Waals surface area contributed by atoms with Gasteiger partial charge in [0.1, 0.15) is 0 Å². The van der Waals surface area contributed by atoms with Crippen molar-refractivity contribution in [3.05, 3.63) is 45.5 Å². The fraction of sp³-hybridized carbons (Fsp3) is 0. The fourth-order valence-electron chi connectivity index (χ4n) is 0.900. The summed E-state index contributed by atoms with van der Waals surface area (Å²) in [5.74, 6) is -2.44. The number of hydrogen-bond acceptors (Lipinski definition) is 5. The molecule has 16 heavy (non-hydrogen) atoms. The largest absolute Gasteiger partial charge is 0.478 e. The van der Waals surface area contributed by atoms with Crippen LogP contribution in [0, 0.1) is 10.1 Å². The molecule has 0 amide bonds. The average Bonchev–Trinajstić information content (AvgIpc) is 2.17. The van der Waals surface area contributed by atoms with Gasteiger partial charge >= 0.3 is 17.0 Å². The number of carboxylic acid groups (broad SMARTS) is 1. The van der Waals surface area contributed by atoms with E-state index in [0.29, 0.717) is 0 Å². The summed E-state index contributed by atoms with van der Waals surface area (Å²) in [6.07, 6.45) is 0. The second kappa shape index (κ2) is 5.92. The maximum Gasteiger partial charge on any atom is 0.335 e. The van der Waals surface area contributed by atoms with Gasteiger partial charge < -0.3 is 5.11 Å². The third kappa shape index (κ3) is 3.74. The molecule has 0 saturated heterocycles. The molecule has 0 spiro atoms. The van der Waals surface area contributed by atoms with Crippen molar-refractivity contribution in [3.63, 3.8) is 0 Å². The topological polar surface area (TPSA) is 107 Å². The van der Waals surface area contributed by atoms with Crippen LogP contribution in [0.4, 0.5) is 0 Å². The molecule has 0 aliphatic heterocycles. The molecule has 1 N–H and O–H groups in total. The number of nitrogens with zero attached hydrogens (tertiary/aromatic N) is 1. The number of carbonyl (C=O) groups is 2. The summed E-state index contributed by atoms with van der Waals surface area (Å²) in [6.45, 7) is 0. The smallest absolute Gasteiger partial charge is 0.335 e. The number of rotatable bonds is 3. The van der Waals surface area contributed by atoms with Gasteiger partial charge in [-0.05, 0) is 18.2 Å². The first-order chi connectivity index (χ1) is 7.00. The standard InChI is InChI=1S/C8H5NO6.Zn/c10-7(11)5-2-1-3-6(4-5)8(12)15-9(13)14;/h1-4H,(H,10,11);. The van der Waals surface area contributed by atoms with Crippen LogP contribution in [0.3, 0.4) is 0 Å². The molecule has 0 heterocycles. The summed E-state index contributed by atoms with van der Waals surface area (Å²) in [6, 6.07) is 4.76. The molecule has 0 aliphatic rings. The molecular weight excluding hydrogens is 271 g/mol. The molecule has 8 heteroatoms. The van der Waals surface area contributed by atoms with Crippen molar-refractivity contribution >= 4 is 11.9 Å². The van der Waals surface area contributed by atoms with Gasteiger partial charge in [0.25, 0.3) is 0 Å². The van der Waals surface area contributed by atoms with E-state index in [9.17, 15) is 19.7 Å². The van der Waals surface area contributed by atoms with Gasteiger partial charge in [-0.3, -0.25) is 4.79 Å². The Morgan fingerprint density at radius 2 is 1.88 bits per heavy atom. The molecule has 0 unspecified atom stereocenters. The van der Waals surface area contributed by atoms with Crippen LogP contribution in [0.5, 0.6) is 0 Å². The molecule has 7 nitrogen and oxygen atoms in total. The van der Waals surface area contributed by atoms with E-state index >= 15 is 0 Å². The van der Waals surface area contributed by atoms with Gasteiger partial charge in [-0.1, -0.05) is 6.07 Å². The quantitative estimate of drug-likeness (QED) is 0.495. The van der Waals surface area contributed by atoms with Gasteiger partial charge in [0.15, 0.2) is 0 Å². The Hall–Kier alpha value is -1.82. The van der Waals surface area contributed by atoms with Crippen LogP contribution in [-0.4, -0.2) is 22.1 Å². The van der Waals surface area contributed by atoms with Crippen molar-refractivity contribution < 1.29 is 44.1 Å². The van der Waals surface area contributed by atoms with Crippen molar-refractivity contribution in [1.82, 2.24) is 0 Å². The Bertz CT molecular complexity index is 432. The minimum atomic E-state index is -1.25. The number of benzene rings is 1. The summed E-state index contributed by atoms with van der Waals surface area (Å²) in [5, 5.41) is 17.2. The molecular formula is C8H5NO6Zn. The molecule has 0 radical (unpaired) electrons. The molecule has 0 atom stereocenters. The minimum absolute atomic E-state index is 0. The van der Waals surface area contributed by atoms with Gasteiger partial charge in [-0.2, -0.15) is 0 Å². The van der Waals surface area contributed by atoms with Crippen LogP contribution in [0.1, 0.15) is 20.7 Å². The fourth-order valence-corrected chi connectivity index (χ4v) is 0.900.